The van der Waals surface area contributed by atoms with Gasteiger partial charge in [0.15, 0.2) is 0 Å². The second kappa shape index (κ2) is 8.96. The van der Waals surface area contributed by atoms with Crippen molar-refractivity contribution in [2.24, 2.45) is 5.10 Å². The van der Waals surface area contributed by atoms with Crippen LogP contribution < -0.4 is 16.1 Å². The van der Waals surface area contributed by atoms with Gasteiger partial charge in [-0.1, -0.05) is 30.3 Å². The molecule has 0 saturated carbocycles. The number of aromatic nitrogens is 2. The number of benzene rings is 1. The topological polar surface area (TPSA) is 118 Å². The van der Waals surface area contributed by atoms with Gasteiger partial charge in [0.05, 0.1) is 30.1 Å². The summed E-state index contributed by atoms with van der Waals surface area (Å²) in [6.07, 6.45) is 1.35. The smallest absolute Gasteiger partial charge is 0.338 e. The first-order chi connectivity index (χ1) is 14.0. The number of amides is 2. The van der Waals surface area contributed by atoms with Gasteiger partial charge >= 0.3 is 12.0 Å². The van der Waals surface area contributed by atoms with E-state index < -0.39 is 18.0 Å². The molecule has 2 heterocycles. The van der Waals surface area contributed by atoms with Gasteiger partial charge in [-0.05, 0) is 32.4 Å². The molecule has 3 rings (SSSR count). The molecule has 3 N–H and O–H groups in total. The predicted molar refractivity (Wildman–Crippen MR) is 108 cm³/mol. The van der Waals surface area contributed by atoms with E-state index in [1.807, 2.05) is 50.2 Å². The first-order valence-corrected chi connectivity index (χ1v) is 9.13. The van der Waals surface area contributed by atoms with E-state index in [9.17, 15) is 9.59 Å². The summed E-state index contributed by atoms with van der Waals surface area (Å²) in [6, 6.07) is 9.90. The molecular formula is C20H22N6O3. The number of nitrogens with zero attached hydrogens (tertiary/aromatic N) is 3. The molecule has 0 radical (unpaired) electrons. The van der Waals surface area contributed by atoms with Gasteiger partial charge in [-0.3, -0.25) is 0 Å². The number of allylic oxidation sites excluding steroid dienone is 1. The van der Waals surface area contributed by atoms with E-state index in [0.29, 0.717) is 5.95 Å². The molecule has 0 fully saturated rings. The largest absolute Gasteiger partial charge is 0.463 e. The highest BCUT2D eigenvalue weighted by Crippen LogP contribution is 2.27. The third kappa shape index (κ3) is 4.95. The minimum absolute atomic E-state index is 0.205. The molecule has 150 valence electrons. The van der Waals surface area contributed by atoms with Gasteiger partial charge in [0.2, 0.25) is 5.95 Å². The fourth-order valence-electron chi connectivity index (χ4n) is 2.95. The van der Waals surface area contributed by atoms with Crippen LogP contribution in [0, 0.1) is 13.8 Å². The van der Waals surface area contributed by atoms with Crippen molar-refractivity contribution in [2.75, 3.05) is 12.0 Å². The highest BCUT2D eigenvalue weighted by atomic mass is 16.5. The summed E-state index contributed by atoms with van der Waals surface area (Å²) in [5.74, 6) is -0.227. The molecule has 9 heteroatoms. The van der Waals surface area contributed by atoms with E-state index in [0.717, 1.165) is 17.0 Å². The standard InChI is InChI=1S/C20H22N6O3/c1-4-29-18(27)16-15(11-21-26-19-22-12(2)10-13(3)23-19)24-20(28)25-17(16)14-8-6-5-7-9-14/h5-11,17H,4H2,1-3H3,(H,22,23,26)(H2,24,25,28)/t17-/m1/s1. The van der Waals surface area contributed by atoms with E-state index >= 15 is 0 Å². The Kier molecular flexibility index (Phi) is 6.18. The fraction of sp³-hybridized carbons (Fsp3) is 0.250. The number of carbonyl (C=O) groups is 2. The van der Waals surface area contributed by atoms with Crippen LogP contribution in [-0.4, -0.2) is 34.8 Å². The van der Waals surface area contributed by atoms with Crippen molar-refractivity contribution in [3.05, 3.63) is 64.6 Å². The number of hydrogen-bond donors (Lipinski definition) is 3. The highest BCUT2D eigenvalue weighted by Gasteiger charge is 2.33. The van der Waals surface area contributed by atoms with Crippen molar-refractivity contribution < 1.29 is 14.3 Å². The van der Waals surface area contributed by atoms with E-state index in [-0.39, 0.29) is 17.9 Å². The number of ether oxygens (including phenoxy) is 1. The van der Waals surface area contributed by atoms with Gasteiger partial charge < -0.3 is 15.4 Å². The van der Waals surface area contributed by atoms with E-state index in [1.165, 1.54) is 6.21 Å². The summed E-state index contributed by atoms with van der Waals surface area (Å²) in [6.45, 7) is 5.62. The average Bonchev–Trinajstić information content (AvgIpc) is 2.67. The molecule has 0 bridgehead atoms. The number of anilines is 1. The zero-order valence-corrected chi connectivity index (χ0v) is 16.4. The lowest BCUT2D eigenvalue weighted by atomic mass is 9.95. The van der Waals surface area contributed by atoms with Crippen molar-refractivity contribution in [2.45, 2.75) is 26.8 Å². The maximum atomic E-state index is 12.6. The molecule has 29 heavy (non-hydrogen) atoms. The number of hydrazone groups is 1. The van der Waals surface area contributed by atoms with Crippen molar-refractivity contribution in [3.63, 3.8) is 0 Å². The predicted octanol–water partition coefficient (Wildman–Crippen LogP) is 2.36. The second-order valence-corrected chi connectivity index (χ2v) is 6.33. The summed E-state index contributed by atoms with van der Waals surface area (Å²) >= 11 is 0. The number of urea groups is 1. The monoisotopic (exact) mass is 394 g/mol. The molecule has 1 aromatic carbocycles. The molecule has 2 aromatic rings. The second-order valence-electron chi connectivity index (χ2n) is 6.33. The van der Waals surface area contributed by atoms with Crippen LogP contribution in [0.4, 0.5) is 10.7 Å². The molecule has 0 aliphatic carbocycles. The molecule has 1 aliphatic heterocycles. The third-order valence-corrected chi connectivity index (χ3v) is 4.07. The zero-order valence-electron chi connectivity index (χ0n) is 16.4. The summed E-state index contributed by atoms with van der Waals surface area (Å²) in [4.78, 5) is 33.3. The van der Waals surface area contributed by atoms with Gasteiger partial charge in [-0.25, -0.2) is 25.0 Å². The van der Waals surface area contributed by atoms with Crippen LogP contribution >= 0.6 is 0 Å². The van der Waals surface area contributed by atoms with Gasteiger partial charge in [-0.2, -0.15) is 5.10 Å². The first kappa shape index (κ1) is 20.0. The van der Waals surface area contributed by atoms with Crippen LogP contribution in [0.2, 0.25) is 0 Å². The van der Waals surface area contributed by atoms with Crippen LogP contribution in [0.3, 0.4) is 0 Å². The lowest BCUT2D eigenvalue weighted by molar-refractivity contribution is -0.139. The Labute approximate surface area is 168 Å². The molecule has 1 atom stereocenters. The molecular weight excluding hydrogens is 372 g/mol. The lowest BCUT2D eigenvalue weighted by Gasteiger charge is -2.27. The highest BCUT2D eigenvalue weighted by molar-refractivity contribution is 6.02. The quantitative estimate of drug-likeness (QED) is 0.393. The fourth-order valence-corrected chi connectivity index (χ4v) is 2.95. The van der Waals surface area contributed by atoms with Crippen molar-refractivity contribution in [1.82, 2.24) is 20.6 Å². The maximum Gasteiger partial charge on any atom is 0.338 e. The number of aryl methyl sites for hydroxylation is 2. The Balaban J connectivity index is 1.95. The van der Waals surface area contributed by atoms with Gasteiger partial charge in [0, 0.05) is 11.4 Å². The summed E-state index contributed by atoms with van der Waals surface area (Å²) in [5.41, 5.74) is 5.55. The van der Waals surface area contributed by atoms with Crippen LogP contribution in [-0.2, 0) is 9.53 Å². The third-order valence-electron chi connectivity index (χ3n) is 4.07. The number of hydrogen-bond acceptors (Lipinski definition) is 7. The van der Waals surface area contributed by atoms with Crippen LogP contribution in [0.5, 0.6) is 0 Å². The number of esters is 1. The normalized spacial score (nSPS) is 16.4. The Hall–Kier alpha value is -3.75. The Bertz CT molecular complexity index is 951. The maximum absolute atomic E-state index is 12.6. The van der Waals surface area contributed by atoms with Crippen LogP contribution in [0.15, 0.2) is 52.8 Å². The molecule has 2 amide bonds. The Morgan fingerprint density at radius 2 is 1.93 bits per heavy atom. The van der Waals surface area contributed by atoms with Gasteiger partial charge in [-0.15, -0.1) is 0 Å². The minimum atomic E-state index is -0.664. The molecule has 0 saturated heterocycles. The molecule has 1 aliphatic rings. The van der Waals surface area contributed by atoms with Crippen molar-refractivity contribution in [3.8, 4) is 0 Å². The van der Waals surface area contributed by atoms with Crippen molar-refractivity contribution >= 4 is 24.2 Å². The van der Waals surface area contributed by atoms with Gasteiger partial charge in [0.25, 0.3) is 0 Å². The van der Waals surface area contributed by atoms with Crippen LogP contribution in [0.25, 0.3) is 0 Å². The first-order valence-electron chi connectivity index (χ1n) is 9.13. The SMILES string of the molecule is CCOC(=O)C1=C(C=NNc2nc(C)cc(C)n2)NC(=O)N[C@@H]1c1ccccc1. The van der Waals surface area contributed by atoms with Crippen LogP contribution in [0.1, 0.15) is 29.9 Å². The van der Waals surface area contributed by atoms with E-state index in [2.05, 4.69) is 31.1 Å². The molecule has 0 spiro atoms. The minimum Gasteiger partial charge on any atom is -0.463 e. The number of carbonyl (C=O) groups excluding carboxylic acids is 2. The Morgan fingerprint density at radius 3 is 2.59 bits per heavy atom. The lowest BCUT2D eigenvalue weighted by Crippen LogP contribution is -2.46. The number of rotatable bonds is 6. The molecule has 0 unspecified atom stereocenters. The van der Waals surface area contributed by atoms with E-state index in [1.54, 1.807) is 6.92 Å². The van der Waals surface area contributed by atoms with Gasteiger partial charge in [0.1, 0.15) is 0 Å². The summed E-state index contributed by atoms with van der Waals surface area (Å²) in [7, 11) is 0. The molecule has 1 aromatic heterocycles. The summed E-state index contributed by atoms with van der Waals surface area (Å²) < 4.78 is 5.20. The number of nitrogens with one attached hydrogen (secondary N) is 3. The zero-order chi connectivity index (χ0) is 20.8. The van der Waals surface area contributed by atoms with E-state index in [4.69, 9.17) is 4.74 Å². The Morgan fingerprint density at radius 1 is 1.24 bits per heavy atom. The molecule has 9 nitrogen and oxygen atoms in total. The summed E-state index contributed by atoms with van der Waals surface area (Å²) in [5, 5.41) is 9.47. The average molecular weight is 394 g/mol. The van der Waals surface area contributed by atoms with Crippen molar-refractivity contribution in [1.29, 1.82) is 0 Å².